The van der Waals surface area contributed by atoms with Gasteiger partial charge in [0.05, 0.1) is 5.75 Å². The van der Waals surface area contributed by atoms with Crippen LogP contribution >= 0.6 is 11.8 Å². The van der Waals surface area contributed by atoms with Crippen molar-refractivity contribution >= 4 is 28.8 Å². The first-order chi connectivity index (χ1) is 9.13. The summed E-state index contributed by atoms with van der Waals surface area (Å²) in [7, 11) is 0. The highest BCUT2D eigenvalue weighted by molar-refractivity contribution is 8.14. The van der Waals surface area contributed by atoms with Gasteiger partial charge in [0.25, 0.3) is 5.24 Å². The smallest absolute Gasteiger partial charge is 0.289 e. The van der Waals surface area contributed by atoms with Gasteiger partial charge in [0.2, 0.25) is 11.8 Å². The number of hydrogen-bond donors (Lipinski definition) is 0. The van der Waals surface area contributed by atoms with E-state index in [1.54, 1.807) is 0 Å². The van der Waals surface area contributed by atoms with Crippen LogP contribution in [0.2, 0.25) is 0 Å². The van der Waals surface area contributed by atoms with E-state index in [4.69, 9.17) is 0 Å². The first kappa shape index (κ1) is 14.4. The van der Waals surface area contributed by atoms with Gasteiger partial charge in [-0.05, 0) is 19.3 Å². The average Bonchev–Trinajstić information content (AvgIpc) is 2.76. The van der Waals surface area contributed by atoms with Crippen molar-refractivity contribution in [3.8, 4) is 0 Å². The minimum atomic E-state index is -0.124. The van der Waals surface area contributed by atoms with E-state index in [-0.39, 0.29) is 28.8 Å². The maximum Gasteiger partial charge on any atom is 0.289 e. The Morgan fingerprint density at radius 2 is 2.00 bits per heavy atom. The minimum absolute atomic E-state index is 0.00905. The Morgan fingerprint density at radius 3 is 2.53 bits per heavy atom. The summed E-state index contributed by atoms with van der Waals surface area (Å²) in [5.74, 6) is 0.397. The zero-order valence-electron chi connectivity index (χ0n) is 11.3. The highest BCUT2D eigenvalue weighted by Gasteiger charge is 2.37. The fourth-order valence-electron chi connectivity index (χ4n) is 2.58. The average molecular weight is 284 g/mol. The molecule has 0 atom stereocenters. The van der Waals surface area contributed by atoms with E-state index >= 15 is 0 Å². The molecule has 106 valence electrons. The SMILES string of the molecule is CCCCC(=O)N1CCC(N2C(=O)CSC2=O)CC1. The number of nitrogens with zero attached hydrogens (tertiary/aromatic N) is 2. The first-order valence-corrected chi connectivity index (χ1v) is 7.88. The molecule has 2 aliphatic heterocycles. The topological polar surface area (TPSA) is 57.7 Å². The third-order valence-corrected chi connectivity index (χ3v) is 4.55. The molecule has 0 unspecified atom stereocenters. The molecule has 0 radical (unpaired) electrons. The Kier molecular flexibility index (Phi) is 4.85. The maximum absolute atomic E-state index is 11.9. The molecule has 5 nitrogen and oxygen atoms in total. The molecule has 0 aliphatic carbocycles. The zero-order valence-corrected chi connectivity index (χ0v) is 12.1. The number of rotatable bonds is 4. The summed E-state index contributed by atoms with van der Waals surface area (Å²) in [4.78, 5) is 38.4. The molecule has 2 rings (SSSR count). The number of unbranched alkanes of at least 4 members (excludes halogenated alkanes) is 1. The molecule has 0 saturated carbocycles. The molecule has 0 aromatic heterocycles. The summed E-state index contributed by atoms with van der Waals surface area (Å²) in [6, 6.07) is -0.00905. The van der Waals surface area contributed by atoms with Crippen molar-refractivity contribution < 1.29 is 14.4 Å². The molecule has 0 N–H and O–H groups in total. The van der Waals surface area contributed by atoms with Gasteiger partial charge in [-0.1, -0.05) is 25.1 Å². The summed E-state index contributed by atoms with van der Waals surface area (Å²) in [6.45, 7) is 3.39. The van der Waals surface area contributed by atoms with Gasteiger partial charge in [0.1, 0.15) is 0 Å². The Balaban J connectivity index is 1.84. The highest BCUT2D eigenvalue weighted by Crippen LogP contribution is 2.26. The van der Waals surface area contributed by atoms with Crippen molar-refractivity contribution in [2.24, 2.45) is 0 Å². The van der Waals surface area contributed by atoms with E-state index in [0.717, 1.165) is 37.4 Å². The molecule has 6 heteroatoms. The number of piperidine rings is 1. The van der Waals surface area contributed by atoms with E-state index in [1.165, 1.54) is 4.90 Å². The number of carbonyl (C=O) groups excluding carboxylic acids is 3. The van der Waals surface area contributed by atoms with E-state index in [0.29, 0.717) is 19.5 Å². The van der Waals surface area contributed by atoms with Crippen molar-refractivity contribution in [2.45, 2.75) is 45.1 Å². The van der Waals surface area contributed by atoms with Crippen molar-refractivity contribution in [3.63, 3.8) is 0 Å². The first-order valence-electron chi connectivity index (χ1n) is 6.90. The van der Waals surface area contributed by atoms with E-state index in [2.05, 4.69) is 6.92 Å². The molecule has 2 heterocycles. The third kappa shape index (κ3) is 3.29. The van der Waals surface area contributed by atoms with Crippen LogP contribution < -0.4 is 0 Å². The second-order valence-corrected chi connectivity index (χ2v) is 5.96. The quantitative estimate of drug-likeness (QED) is 0.790. The third-order valence-electron chi connectivity index (χ3n) is 3.71. The standard InChI is InChI=1S/C13H20N2O3S/c1-2-3-4-11(16)14-7-5-10(6-8-14)15-12(17)9-19-13(15)18/h10H,2-9H2,1H3. The van der Waals surface area contributed by atoms with Crippen LogP contribution in [0.5, 0.6) is 0 Å². The van der Waals surface area contributed by atoms with Crippen molar-refractivity contribution in [1.82, 2.24) is 9.80 Å². The van der Waals surface area contributed by atoms with Gasteiger partial charge in [-0.3, -0.25) is 19.3 Å². The molecular weight excluding hydrogens is 264 g/mol. The summed E-state index contributed by atoms with van der Waals surface area (Å²) >= 11 is 1.08. The molecule has 2 aliphatic rings. The summed E-state index contributed by atoms with van der Waals surface area (Å²) in [5, 5.41) is -0.124. The van der Waals surface area contributed by atoms with Crippen LogP contribution in [0.3, 0.4) is 0 Å². The van der Waals surface area contributed by atoms with Crippen LogP contribution in [0.1, 0.15) is 39.0 Å². The fourth-order valence-corrected chi connectivity index (χ4v) is 3.35. The number of imide groups is 1. The molecule has 19 heavy (non-hydrogen) atoms. The number of amides is 3. The molecule has 0 spiro atoms. The second-order valence-electron chi connectivity index (χ2n) is 5.03. The van der Waals surface area contributed by atoms with E-state index < -0.39 is 0 Å². The zero-order chi connectivity index (χ0) is 13.8. The van der Waals surface area contributed by atoms with Gasteiger partial charge >= 0.3 is 0 Å². The van der Waals surface area contributed by atoms with Gasteiger partial charge in [-0.15, -0.1) is 0 Å². The van der Waals surface area contributed by atoms with Crippen molar-refractivity contribution in [3.05, 3.63) is 0 Å². The Morgan fingerprint density at radius 1 is 1.32 bits per heavy atom. The van der Waals surface area contributed by atoms with Crippen LogP contribution in [-0.4, -0.2) is 51.7 Å². The molecular formula is C13H20N2O3S. The number of thioether (sulfide) groups is 1. The van der Waals surface area contributed by atoms with Crippen LogP contribution in [0.25, 0.3) is 0 Å². The Bertz CT molecular complexity index is 362. The summed E-state index contributed by atoms with van der Waals surface area (Å²) in [5.41, 5.74) is 0. The lowest BCUT2D eigenvalue weighted by molar-refractivity contribution is -0.133. The molecule has 3 amide bonds. The number of likely N-dealkylation sites (tertiary alicyclic amines) is 1. The van der Waals surface area contributed by atoms with E-state index in [1.807, 2.05) is 4.90 Å². The molecule has 0 aromatic carbocycles. The van der Waals surface area contributed by atoms with Gasteiger partial charge in [0, 0.05) is 25.6 Å². The second kappa shape index (κ2) is 6.41. The predicted molar refractivity (Wildman–Crippen MR) is 73.8 cm³/mol. The molecule has 2 fully saturated rings. The molecule has 0 aromatic rings. The Labute approximate surface area is 117 Å². The van der Waals surface area contributed by atoms with E-state index in [9.17, 15) is 14.4 Å². The fraction of sp³-hybridized carbons (Fsp3) is 0.769. The maximum atomic E-state index is 11.9. The van der Waals surface area contributed by atoms with Crippen LogP contribution in [-0.2, 0) is 9.59 Å². The number of carbonyl (C=O) groups is 3. The normalized spacial score (nSPS) is 21.3. The van der Waals surface area contributed by atoms with Crippen molar-refractivity contribution in [1.29, 1.82) is 0 Å². The monoisotopic (exact) mass is 284 g/mol. The van der Waals surface area contributed by atoms with Crippen LogP contribution in [0, 0.1) is 0 Å². The van der Waals surface area contributed by atoms with Gasteiger partial charge in [-0.25, -0.2) is 0 Å². The van der Waals surface area contributed by atoms with Gasteiger partial charge in [-0.2, -0.15) is 0 Å². The van der Waals surface area contributed by atoms with Gasteiger partial charge in [0.15, 0.2) is 0 Å². The molecule has 0 bridgehead atoms. The lowest BCUT2D eigenvalue weighted by atomic mass is 10.0. The Hall–Kier alpha value is -1.04. The van der Waals surface area contributed by atoms with Gasteiger partial charge < -0.3 is 4.90 Å². The number of hydrogen-bond acceptors (Lipinski definition) is 4. The minimum Gasteiger partial charge on any atom is -0.343 e. The highest BCUT2D eigenvalue weighted by atomic mass is 32.2. The largest absolute Gasteiger partial charge is 0.343 e. The summed E-state index contributed by atoms with van der Waals surface area (Å²) in [6.07, 6.45) is 4.00. The van der Waals surface area contributed by atoms with Crippen LogP contribution in [0.4, 0.5) is 4.79 Å². The van der Waals surface area contributed by atoms with Crippen LogP contribution in [0.15, 0.2) is 0 Å². The predicted octanol–water partition coefficient (Wildman–Crippen LogP) is 1.86. The lowest BCUT2D eigenvalue weighted by Crippen LogP contribution is -2.48. The molecule has 2 saturated heterocycles. The lowest BCUT2D eigenvalue weighted by Gasteiger charge is -2.35. The van der Waals surface area contributed by atoms with Crippen molar-refractivity contribution in [2.75, 3.05) is 18.8 Å². The summed E-state index contributed by atoms with van der Waals surface area (Å²) < 4.78 is 0.